The number of carbonyl (C=O) groups excluding carboxylic acids is 1. The summed E-state index contributed by atoms with van der Waals surface area (Å²) in [6, 6.07) is 3.02. The van der Waals surface area contributed by atoms with Crippen LogP contribution in [-0.2, 0) is 11.2 Å². The highest BCUT2D eigenvalue weighted by atomic mass is 19.1. The summed E-state index contributed by atoms with van der Waals surface area (Å²) in [6.07, 6.45) is -0.00355. The van der Waals surface area contributed by atoms with Gasteiger partial charge in [-0.15, -0.1) is 0 Å². The third-order valence-electron chi connectivity index (χ3n) is 2.20. The second-order valence-electron chi connectivity index (χ2n) is 3.60. The molecule has 0 unspecified atom stereocenters. The van der Waals surface area contributed by atoms with Gasteiger partial charge in [0.25, 0.3) is 0 Å². The Bertz CT molecular complexity index is 464. The number of benzene rings is 1. The van der Waals surface area contributed by atoms with Crippen molar-refractivity contribution in [3.63, 3.8) is 0 Å². The van der Waals surface area contributed by atoms with Crippen LogP contribution in [0.2, 0.25) is 0 Å². The number of hydrogen-bond donors (Lipinski definition) is 3. The fraction of sp³-hybridized carbons (Fsp3) is 0.273. The van der Waals surface area contributed by atoms with Gasteiger partial charge in [0, 0.05) is 19.0 Å². The second kappa shape index (κ2) is 6.53. The van der Waals surface area contributed by atoms with Crippen molar-refractivity contribution in [2.45, 2.75) is 12.8 Å². The van der Waals surface area contributed by atoms with Gasteiger partial charge in [0.05, 0.1) is 6.42 Å². The molecular weight excluding hydrogens is 244 g/mol. The van der Waals surface area contributed by atoms with Crippen LogP contribution in [0.3, 0.4) is 0 Å². The zero-order valence-electron chi connectivity index (χ0n) is 9.49. The van der Waals surface area contributed by atoms with Gasteiger partial charge in [-0.2, -0.15) is 0 Å². The average molecular weight is 257 g/mol. The molecule has 1 rings (SSSR count). The Morgan fingerprint density at radius 3 is 2.78 bits per heavy atom. The minimum Gasteiger partial charge on any atom is -0.409 e. The van der Waals surface area contributed by atoms with E-state index in [0.717, 1.165) is 12.1 Å². The van der Waals surface area contributed by atoms with Gasteiger partial charge in [-0.25, -0.2) is 8.78 Å². The molecule has 0 aliphatic rings. The van der Waals surface area contributed by atoms with Gasteiger partial charge >= 0.3 is 0 Å². The van der Waals surface area contributed by atoms with E-state index in [1.807, 2.05) is 0 Å². The van der Waals surface area contributed by atoms with E-state index in [1.54, 1.807) is 0 Å². The van der Waals surface area contributed by atoms with Crippen molar-refractivity contribution in [3.05, 3.63) is 35.4 Å². The molecule has 0 heterocycles. The van der Waals surface area contributed by atoms with Crippen molar-refractivity contribution >= 4 is 11.7 Å². The Kier molecular flexibility index (Phi) is 5.04. The highest BCUT2D eigenvalue weighted by Crippen LogP contribution is 2.09. The van der Waals surface area contributed by atoms with Crippen molar-refractivity contribution < 1.29 is 18.8 Å². The molecule has 1 aromatic rings. The minimum absolute atomic E-state index is 0.0109. The average Bonchev–Trinajstić information content (AvgIpc) is 2.32. The van der Waals surface area contributed by atoms with Crippen molar-refractivity contribution in [2.75, 3.05) is 6.54 Å². The van der Waals surface area contributed by atoms with Gasteiger partial charge in [-0.05, 0) is 11.6 Å². The molecule has 0 aromatic heterocycles. The first-order chi connectivity index (χ1) is 8.52. The van der Waals surface area contributed by atoms with Crippen LogP contribution in [0.1, 0.15) is 12.0 Å². The molecule has 0 saturated heterocycles. The van der Waals surface area contributed by atoms with Crippen LogP contribution < -0.4 is 11.1 Å². The van der Waals surface area contributed by atoms with Crippen molar-refractivity contribution in [2.24, 2.45) is 10.9 Å². The van der Waals surface area contributed by atoms with E-state index in [4.69, 9.17) is 10.9 Å². The fourth-order valence-electron chi connectivity index (χ4n) is 1.28. The molecule has 0 spiro atoms. The Morgan fingerprint density at radius 1 is 1.44 bits per heavy atom. The molecule has 0 bridgehead atoms. The molecule has 5 nitrogen and oxygen atoms in total. The summed E-state index contributed by atoms with van der Waals surface area (Å²) in [7, 11) is 0. The zero-order valence-corrected chi connectivity index (χ0v) is 9.49. The Morgan fingerprint density at radius 2 is 2.17 bits per heavy atom. The van der Waals surface area contributed by atoms with Gasteiger partial charge in [0.2, 0.25) is 5.91 Å². The van der Waals surface area contributed by atoms with Gasteiger partial charge in [-0.3, -0.25) is 4.79 Å². The molecule has 0 radical (unpaired) electrons. The highest BCUT2D eigenvalue weighted by molar-refractivity contribution is 5.82. The van der Waals surface area contributed by atoms with Crippen molar-refractivity contribution in [1.82, 2.24) is 5.32 Å². The van der Waals surface area contributed by atoms with Gasteiger partial charge in [0.1, 0.15) is 17.5 Å². The summed E-state index contributed by atoms with van der Waals surface area (Å²) in [5, 5.41) is 13.5. The van der Waals surface area contributed by atoms with Crippen LogP contribution in [0.25, 0.3) is 0 Å². The van der Waals surface area contributed by atoms with Crippen molar-refractivity contribution in [1.29, 1.82) is 0 Å². The van der Waals surface area contributed by atoms with Crippen molar-refractivity contribution in [3.8, 4) is 0 Å². The highest BCUT2D eigenvalue weighted by Gasteiger charge is 2.08. The number of oxime groups is 1. The lowest BCUT2D eigenvalue weighted by Gasteiger charge is -2.05. The van der Waals surface area contributed by atoms with E-state index in [2.05, 4.69) is 10.5 Å². The summed E-state index contributed by atoms with van der Waals surface area (Å²) >= 11 is 0. The van der Waals surface area contributed by atoms with Crippen LogP contribution in [0.4, 0.5) is 8.78 Å². The minimum atomic E-state index is -0.762. The summed E-state index contributed by atoms with van der Waals surface area (Å²) in [6.45, 7) is 0.178. The monoisotopic (exact) mass is 257 g/mol. The van der Waals surface area contributed by atoms with E-state index in [0.29, 0.717) is 0 Å². The molecule has 7 heteroatoms. The number of amides is 1. The Labute approximate surface area is 102 Å². The van der Waals surface area contributed by atoms with Crippen LogP contribution in [-0.4, -0.2) is 23.5 Å². The quantitative estimate of drug-likeness (QED) is 0.315. The summed E-state index contributed by atoms with van der Waals surface area (Å²) in [5.41, 5.74) is 5.31. The number of nitrogens with one attached hydrogen (secondary N) is 1. The predicted molar refractivity (Wildman–Crippen MR) is 61.1 cm³/mol. The maximum absolute atomic E-state index is 13.2. The number of hydrogen-bond acceptors (Lipinski definition) is 3. The molecule has 1 aromatic carbocycles. The van der Waals surface area contributed by atoms with Gasteiger partial charge in [0.15, 0.2) is 0 Å². The van der Waals surface area contributed by atoms with Crippen LogP contribution in [0.15, 0.2) is 23.4 Å². The summed E-state index contributed by atoms with van der Waals surface area (Å²) < 4.78 is 25.8. The van der Waals surface area contributed by atoms with E-state index in [9.17, 15) is 13.6 Å². The maximum Gasteiger partial charge on any atom is 0.224 e. The van der Waals surface area contributed by atoms with E-state index >= 15 is 0 Å². The van der Waals surface area contributed by atoms with Crippen LogP contribution in [0, 0.1) is 11.6 Å². The van der Waals surface area contributed by atoms with Crippen LogP contribution >= 0.6 is 0 Å². The molecule has 4 N–H and O–H groups in total. The standard InChI is InChI=1S/C11H13F2N3O2/c12-8-2-1-7(9(13)6-8)5-11(17)15-4-3-10(14)16-18/h1-2,6,18H,3-5H2,(H2,14,16)(H,15,17). The van der Waals surface area contributed by atoms with E-state index in [-0.39, 0.29) is 30.8 Å². The Balaban J connectivity index is 2.45. The number of nitrogens with two attached hydrogens (primary N) is 1. The topological polar surface area (TPSA) is 87.7 Å². The first kappa shape index (κ1) is 13.9. The van der Waals surface area contributed by atoms with Gasteiger partial charge in [-0.1, -0.05) is 11.2 Å². The third kappa shape index (κ3) is 4.36. The number of halogens is 2. The van der Waals surface area contributed by atoms with E-state index < -0.39 is 17.5 Å². The molecule has 0 aliphatic carbocycles. The maximum atomic E-state index is 13.2. The summed E-state index contributed by atoms with van der Waals surface area (Å²) in [5.74, 6) is -1.89. The Hall–Kier alpha value is -2.18. The lowest BCUT2D eigenvalue weighted by molar-refractivity contribution is -0.120. The molecule has 0 atom stereocenters. The SMILES string of the molecule is NC(CCNC(=O)Cc1ccc(F)cc1F)=NO. The first-order valence-electron chi connectivity index (χ1n) is 5.20. The van der Waals surface area contributed by atoms with Gasteiger partial charge < -0.3 is 16.3 Å². The number of rotatable bonds is 5. The van der Waals surface area contributed by atoms with E-state index in [1.165, 1.54) is 6.07 Å². The fourth-order valence-corrected chi connectivity index (χ4v) is 1.28. The summed E-state index contributed by atoms with van der Waals surface area (Å²) in [4.78, 5) is 11.4. The molecular formula is C11H13F2N3O2. The first-order valence-corrected chi connectivity index (χ1v) is 5.20. The third-order valence-corrected chi connectivity index (χ3v) is 2.20. The second-order valence-corrected chi connectivity index (χ2v) is 3.60. The molecule has 0 saturated carbocycles. The number of nitrogens with zero attached hydrogens (tertiary/aromatic N) is 1. The lowest BCUT2D eigenvalue weighted by Crippen LogP contribution is -2.29. The zero-order chi connectivity index (χ0) is 13.5. The predicted octanol–water partition coefficient (Wildman–Crippen LogP) is 0.760. The molecule has 0 fully saturated rings. The molecule has 1 amide bonds. The molecule has 18 heavy (non-hydrogen) atoms. The smallest absolute Gasteiger partial charge is 0.224 e. The number of amidine groups is 1. The molecule has 98 valence electrons. The largest absolute Gasteiger partial charge is 0.409 e. The normalized spacial score (nSPS) is 11.3. The van der Waals surface area contributed by atoms with Crippen LogP contribution in [0.5, 0.6) is 0 Å². The molecule has 0 aliphatic heterocycles. The number of carbonyl (C=O) groups is 1. The lowest BCUT2D eigenvalue weighted by atomic mass is 10.1.